The first kappa shape index (κ1) is 20.4. The van der Waals surface area contributed by atoms with Crippen LogP contribution in [0.3, 0.4) is 0 Å². The van der Waals surface area contributed by atoms with Crippen molar-refractivity contribution in [2.45, 2.75) is 0 Å². The molecular weight excluding hydrogens is 410 g/mol. The largest absolute Gasteiger partial charge is 0.497 e. The van der Waals surface area contributed by atoms with Crippen LogP contribution in [0.1, 0.15) is 15.9 Å². The molecule has 1 aliphatic heterocycles. The van der Waals surface area contributed by atoms with E-state index in [2.05, 4.69) is 15.5 Å². The zero-order valence-electron chi connectivity index (χ0n) is 17.6. The van der Waals surface area contributed by atoms with Gasteiger partial charge in [0, 0.05) is 37.3 Å². The number of piperazine rings is 1. The molecule has 1 aromatic heterocycles. The summed E-state index contributed by atoms with van der Waals surface area (Å²) in [6.07, 6.45) is 0. The lowest BCUT2D eigenvalue weighted by atomic mass is 10.0. The number of fused-ring (bicyclic) bond motifs is 3. The fourth-order valence-electron chi connectivity index (χ4n) is 4.24. The molecule has 1 amide bonds. The van der Waals surface area contributed by atoms with Crippen molar-refractivity contribution in [3.8, 4) is 28.3 Å². The molecule has 0 atom stereocenters. The van der Waals surface area contributed by atoms with Gasteiger partial charge in [0.1, 0.15) is 11.4 Å². The molecule has 2 aliphatic rings. The molecule has 0 spiro atoms. The van der Waals surface area contributed by atoms with Crippen molar-refractivity contribution in [1.82, 2.24) is 20.2 Å². The maximum Gasteiger partial charge on any atom is 0.238 e. The number of aromatic amines is 1. The lowest BCUT2D eigenvalue weighted by molar-refractivity contribution is -0.127. The van der Waals surface area contributed by atoms with E-state index in [0.29, 0.717) is 54.4 Å². The van der Waals surface area contributed by atoms with Crippen LogP contribution in [0.15, 0.2) is 42.5 Å². The molecule has 0 unspecified atom stereocenters. The molecule has 164 valence electrons. The van der Waals surface area contributed by atoms with Crippen LogP contribution in [-0.2, 0) is 4.79 Å². The Bertz CT molecular complexity index is 1180. The number of ketones is 1. The minimum atomic E-state index is -0.193. The van der Waals surface area contributed by atoms with Crippen LogP contribution in [0.5, 0.6) is 5.75 Å². The number of nitrogens with zero attached hydrogens (tertiary/aromatic N) is 3. The smallest absolute Gasteiger partial charge is 0.238 e. The Morgan fingerprint density at radius 3 is 2.59 bits per heavy atom. The molecule has 5 rings (SSSR count). The van der Waals surface area contributed by atoms with Gasteiger partial charge in [0.25, 0.3) is 0 Å². The molecule has 2 aromatic carbocycles. The van der Waals surface area contributed by atoms with Gasteiger partial charge in [-0.1, -0.05) is 12.1 Å². The number of hydrogen-bond donors (Lipinski definition) is 3. The summed E-state index contributed by atoms with van der Waals surface area (Å²) in [5.41, 5.74) is 4.23. The molecule has 2 heterocycles. The fourth-order valence-corrected chi connectivity index (χ4v) is 4.24. The predicted octanol–water partition coefficient (Wildman–Crippen LogP) is 2.24. The van der Waals surface area contributed by atoms with Crippen molar-refractivity contribution in [2.75, 3.05) is 45.2 Å². The van der Waals surface area contributed by atoms with E-state index in [-0.39, 0.29) is 18.2 Å². The summed E-state index contributed by atoms with van der Waals surface area (Å²) in [6.45, 7) is 2.43. The highest BCUT2D eigenvalue weighted by atomic mass is 16.5. The average Bonchev–Trinajstić information content (AvgIpc) is 3.36. The molecule has 32 heavy (non-hydrogen) atoms. The molecule has 1 aliphatic carbocycles. The minimum absolute atomic E-state index is 0.167. The number of carbonyl (C=O) groups excluding carboxylic acids is 2. The van der Waals surface area contributed by atoms with E-state index in [0.717, 1.165) is 16.9 Å². The molecule has 0 saturated carbocycles. The van der Waals surface area contributed by atoms with E-state index in [9.17, 15) is 14.8 Å². The Hall–Kier alpha value is -3.53. The molecule has 3 aromatic rings. The number of aromatic nitrogens is 2. The van der Waals surface area contributed by atoms with Crippen LogP contribution >= 0.6 is 0 Å². The monoisotopic (exact) mass is 433 g/mol. The van der Waals surface area contributed by atoms with Crippen molar-refractivity contribution in [2.24, 2.45) is 0 Å². The van der Waals surface area contributed by atoms with Gasteiger partial charge in [-0.25, -0.2) is 0 Å². The molecule has 9 nitrogen and oxygen atoms in total. The van der Waals surface area contributed by atoms with Crippen molar-refractivity contribution in [3.05, 3.63) is 53.6 Å². The number of amides is 1. The first-order valence-corrected chi connectivity index (χ1v) is 10.4. The Labute approximate surface area is 184 Å². The van der Waals surface area contributed by atoms with Gasteiger partial charge >= 0.3 is 0 Å². The highest BCUT2D eigenvalue weighted by Crippen LogP contribution is 2.43. The Balaban J connectivity index is 1.40. The highest BCUT2D eigenvalue weighted by Gasteiger charge is 2.35. The minimum Gasteiger partial charge on any atom is -0.497 e. The Morgan fingerprint density at radius 1 is 1.12 bits per heavy atom. The molecular formula is C23H23N5O4. The van der Waals surface area contributed by atoms with Gasteiger partial charge in [0.2, 0.25) is 5.91 Å². The van der Waals surface area contributed by atoms with Gasteiger partial charge < -0.3 is 15.3 Å². The molecule has 9 heteroatoms. The normalized spacial score (nSPS) is 16.0. The van der Waals surface area contributed by atoms with Crippen LogP contribution in [0.25, 0.3) is 22.5 Å². The van der Waals surface area contributed by atoms with Crippen LogP contribution in [-0.4, -0.2) is 76.9 Å². The van der Waals surface area contributed by atoms with Gasteiger partial charge in [-0.15, -0.1) is 0 Å². The van der Waals surface area contributed by atoms with E-state index in [1.165, 1.54) is 5.06 Å². The number of methoxy groups -OCH3 is 1. The van der Waals surface area contributed by atoms with Gasteiger partial charge in [0.15, 0.2) is 5.78 Å². The van der Waals surface area contributed by atoms with Gasteiger partial charge in [-0.2, -0.15) is 10.2 Å². The molecule has 0 radical (unpaired) electrons. The maximum atomic E-state index is 13.4. The van der Waals surface area contributed by atoms with Crippen molar-refractivity contribution in [1.29, 1.82) is 0 Å². The SMILES string of the molecule is COc1ccc(-c2n[nH]c3c2C(=O)c2c(NC(=O)CN4CCN(O)CC4)cccc2-3)cc1. The van der Waals surface area contributed by atoms with Crippen molar-refractivity contribution >= 4 is 17.4 Å². The number of hydroxylamine groups is 2. The highest BCUT2D eigenvalue weighted by molar-refractivity contribution is 6.27. The number of H-pyrrole nitrogens is 1. The van der Waals surface area contributed by atoms with Crippen molar-refractivity contribution < 1.29 is 19.5 Å². The van der Waals surface area contributed by atoms with Crippen LogP contribution in [0.4, 0.5) is 5.69 Å². The Kier molecular flexibility index (Phi) is 5.22. The molecule has 1 saturated heterocycles. The van der Waals surface area contributed by atoms with E-state index < -0.39 is 0 Å². The van der Waals surface area contributed by atoms with Gasteiger partial charge in [-0.05, 0) is 30.3 Å². The summed E-state index contributed by atoms with van der Waals surface area (Å²) >= 11 is 0. The third kappa shape index (κ3) is 3.56. The topological polar surface area (TPSA) is 111 Å². The fraction of sp³-hybridized carbons (Fsp3) is 0.261. The van der Waals surface area contributed by atoms with E-state index >= 15 is 0 Å². The zero-order chi connectivity index (χ0) is 22.2. The zero-order valence-corrected chi connectivity index (χ0v) is 17.6. The van der Waals surface area contributed by atoms with Gasteiger partial charge in [0.05, 0.1) is 36.2 Å². The van der Waals surface area contributed by atoms with E-state index in [4.69, 9.17) is 4.74 Å². The van der Waals surface area contributed by atoms with E-state index in [1.54, 1.807) is 13.2 Å². The number of anilines is 1. The van der Waals surface area contributed by atoms with Crippen molar-refractivity contribution in [3.63, 3.8) is 0 Å². The number of hydrogen-bond acceptors (Lipinski definition) is 7. The lowest BCUT2D eigenvalue weighted by Crippen LogP contribution is -2.47. The summed E-state index contributed by atoms with van der Waals surface area (Å²) in [4.78, 5) is 28.0. The van der Waals surface area contributed by atoms with Crippen LogP contribution in [0.2, 0.25) is 0 Å². The first-order chi connectivity index (χ1) is 15.5. The number of rotatable bonds is 5. The summed E-state index contributed by atoms with van der Waals surface area (Å²) in [6, 6.07) is 12.8. The van der Waals surface area contributed by atoms with Crippen LogP contribution in [0, 0.1) is 0 Å². The predicted molar refractivity (Wildman–Crippen MR) is 118 cm³/mol. The summed E-state index contributed by atoms with van der Waals surface area (Å²) in [5.74, 6) is 0.363. The number of nitrogens with one attached hydrogen (secondary N) is 2. The third-order valence-corrected chi connectivity index (χ3v) is 5.91. The number of carbonyl (C=O) groups is 2. The van der Waals surface area contributed by atoms with Gasteiger partial charge in [-0.3, -0.25) is 19.6 Å². The lowest BCUT2D eigenvalue weighted by Gasteiger charge is -2.30. The second kappa shape index (κ2) is 8.19. The summed E-state index contributed by atoms with van der Waals surface area (Å²) in [5, 5.41) is 21.0. The number of ether oxygens (including phenoxy) is 1. The van der Waals surface area contributed by atoms with Crippen LogP contribution < -0.4 is 10.1 Å². The summed E-state index contributed by atoms with van der Waals surface area (Å²) in [7, 11) is 1.60. The molecule has 3 N–H and O–H groups in total. The second-order valence-electron chi connectivity index (χ2n) is 7.89. The average molecular weight is 433 g/mol. The quantitative estimate of drug-likeness (QED) is 0.443. The van der Waals surface area contributed by atoms with E-state index in [1.807, 2.05) is 41.3 Å². The second-order valence-corrected chi connectivity index (χ2v) is 7.89. The first-order valence-electron chi connectivity index (χ1n) is 10.4. The standard InChI is InChI=1S/C23H23N5O4/c1-32-15-7-5-14(6-8-15)21-20-22(26-25-21)16-3-2-4-17(19(16)23(20)30)24-18(29)13-27-9-11-28(31)12-10-27/h2-8,31H,9-13H2,1H3,(H,24,29)(H,25,26). The number of benzene rings is 2. The summed E-state index contributed by atoms with van der Waals surface area (Å²) < 4.78 is 5.21. The Morgan fingerprint density at radius 2 is 1.88 bits per heavy atom. The molecule has 0 bridgehead atoms. The molecule has 1 fully saturated rings. The third-order valence-electron chi connectivity index (χ3n) is 5.91. The maximum absolute atomic E-state index is 13.4.